The van der Waals surface area contributed by atoms with Gasteiger partial charge in [0.1, 0.15) is 5.82 Å². The maximum atomic E-state index is 12.8. The Morgan fingerprint density at radius 2 is 2.31 bits per heavy atom. The van der Waals surface area contributed by atoms with Crippen molar-refractivity contribution >= 4 is 16.8 Å². The van der Waals surface area contributed by atoms with Gasteiger partial charge in [0.15, 0.2) is 0 Å². The van der Waals surface area contributed by atoms with E-state index in [1.165, 1.54) is 5.39 Å². The van der Waals surface area contributed by atoms with E-state index in [9.17, 15) is 4.79 Å². The second kappa shape index (κ2) is 7.31. The van der Waals surface area contributed by atoms with Gasteiger partial charge in [0.2, 0.25) is 5.91 Å². The van der Waals surface area contributed by atoms with Gasteiger partial charge in [0.05, 0.1) is 18.6 Å². The fraction of sp³-hybridized carbons (Fsp3) is 0.368. The molecule has 2 unspecified atom stereocenters. The molecule has 7 nitrogen and oxygen atoms in total. The summed E-state index contributed by atoms with van der Waals surface area (Å²) in [5.74, 6) is 1.03. The van der Waals surface area contributed by atoms with Crippen LogP contribution in [0.3, 0.4) is 0 Å². The van der Waals surface area contributed by atoms with Crippen molar-refractivity contribution in [2.24, 2.45) is 0 Å². The predicted molar refractivity (Wildman–Crippen MR) is 101 cm³/mol. The number of benzene rings is 1. The Kier molecular flexibility index (Phi) is 4.73. The summed E-state index contributed by atoms with van der Waals surface area (Å²) in [6, 6.07) is 7.92. The van der Waals surface area contributed by atoms with E-state index in [-0.39, 0.29) is 18.0 Å². The first kappa shape index (κ1) is 16.8. The molecule has 0 saturated heterocycles. The summed E-state index contributed by atoms with van der Waals surface area (Å²) in [5.41, 5.74) is 2.24. The number of rotatable bonds is 5. The normalized spacial score (nSPS) is 18.3. The number of aromatic nitrogens is 3. The number of imidazole rings is 1. The van der Waals surface area contributed by atoms with Crippen LogP contribution in [0, 0.1) is 0 Å². The van der Waals surface area contributed by atoms with E-state index in [0.717, 1.165) is 36.5 Å². The maximum Gasteiger partial charge on any atom is 0.237 e. The number of likely N-dealkylation sites (N-methyl/N-ethyl adjacent to an activating group) is 1. The number of carbonyl (C=O) groups excluding carboxylic acids is 1. The van der Waals surface area contributed by atoms with Gasteiger partial charge in [-0.3, -0.25) is 4.79 Å². The summed E-state index contributed by atoms with van der Waals surface area (Å²) in [7, 11) is 1.83. The number of amides is 1. The van der Waals surface area contributed by atoms with Gasteiger partial charge in [-0.1, -0.05) is 18.2 Å². The topological polar surface area (TPSA) is 86.8 Å². The average Bonchev–Trinajstić information content (AvgIpc) is 3.22. The van der Waals surface area contributed by atoms with Crippen molar-refractivity contribution in [2.75, 3.05) is 13.6 Å². The summed E-state index contributed by atoms with van der Waals surface area (Å²) in [6.45, 7) is 2.19. The molecule has 0 aliphatic carbocycles. The van der Waals surface area contributed by atoms with E-state index < -0.39 is 0 Å². The summed E-state index contributed by atoms with van der Waals surface area (Å²) in [6.07, 6.45) is 6.40. The zero-order chi connectivity index (χ0) is 17.9. The third-order valence-corrected chi connectivity index (χ3v) is 5.00. The number of carbonyl (C=O) groups is 1. The highest BCUT2D eigenvalue weighted by Crippen LogP contribution is 2.19. The molecule has 0 spiro atoms. The van der Waals surface area contributed by atoms with Crippen molar-refractivity contribution in [3.05, 3.63) is 54.2 Å². The molecule has 1 aromatic carbocycles. The molecule has 4 N–H and O–H groups in total. The molecule has 26 heavy (non-hydrogen) atoms. The first-order valence-corrected chi connectivity index (χ1v) is 8.98. The molecule has 2 atom stereocenters. The fourth-order valence-corrected chi connectivity index (χ4v) is 3.58. The van der Waals surface area contributed by atoms with Crippen LogP contribution < -0.4 is 16.0 Å². The van der Waals surface area contributed by atoms with Gasteiger partial charge < -0.3 is 25.5 Å². The summed E-state index contributed by atoms with van der Waals surface area (Å²) in [5, 5.41) is 10.9. The lowest BCUT2D eigenvalue weighted by atomic mass is 10.0. The van der Waals surface area contributed by atoms with Crippen molar-refractivity contribution in [2.45, 2.75) is 31.6 Å². The van der Waals surface area contributed by atoms with Gasteiger partial charge >= 0.3 is 0 Å². The number of hydrogen-bond donors (Lipinski definition) is 4. The minimum Gasteiger partial charge on any atom is -0.361 e. The van der Waals surface area contributed by atoms with Crippen molar-refractivity contribution in [3.63, 3.8) is 0 Å². The standard InChI is InChI=1S/C19H24N6O/c1-20-17(8-13-9-23-16-5-3-2-4-15(13)16)19(26)24-14-10-21-11-18-22-6-7-25(18)12-14/h2-7,9,14,17,20-21,23H,8,10-12H2,1H3,(H,24,26). The van der Waals surface area contributed by atoms with Gasteiger partial charge in [-0.2, -0.15) is 0 Å². The second-order valence-corrected chi connectivity index (χ2v) is 6.74. The van der Waals surface area contributed by atoms with Crippen LogP contribution in [0.15, 0.2) is 42.9 Å². The highest BCUT2D eigenvalue weighted by molar-refractivity contribution is 5.86. The van der Waals surface area contributed by atoms with Crippen LogP contribution in [0.5, 0.6) is 0 Å². The van der Waals surface area contributed by atoms with E-state index in [1.807, 2.05) is 37.6 Å². The van der Waals surface area contributed by atoms with Crippen molar-refractivity contribution in [1.29, 1.82) is 0 Å². The van der Waals surface area contributed by atoms with Gasteiger partial charge in [-0.05, 0) is 25.1 Å². The van der Waals surface area contributed by atoms with Crippen LogP contribution >= 0.6 is 0 Å². The number of hydrogen-bond acceptors (Lipinski definition) is 4. The highest BCUT2D eigenvalue weighted by atomic mass is 16.2. The molecule has 3 aromatic rings. The Balaban J connectivity index is 1.44. The lowest BCUT2D eigenvalue weighted by Gasteiger charge is -2.22. The van der Waals surface area contributed by atoms with E-state index in [2.05, 4.69) is 36.6 Å². The molecule has 0 fully saturated rings. The second-order valence-electron chi connectivity index (χ2n) is 6.74. The summed E-state index contributed by atoms with van der Waals surface area (Å²) in [4.78, 5) is 20.4. The number of para-hydroxylation sites is 1. The van der Waals surface area contributed by atoms with Gasteiger partial charge in [0.25, 0.3) is 0 Å². The molecule has 3 heterocycles. The molecule has 1 amide bonds. The molecular formula is C19H24N6O. The predicted octanol–water partition coefficient (Wildman–Crippen LogP) is 0.783. The Morgan fingerprint density at radius 3 is 3.19 bits per heavy atom. The zero-order valence-corrected chi connectivity index (χ0v) is 14.8. The van der Waals surface area contributed by atoms with Crippen LogP contribution in [-0.4, -0.2) is 46.1 Å². The molecule has 4 rings (SSSR count). The quantitative estimate of drug-likeness (QED) is 0.547. The Labute approximate surface area is 152 Å². The minimum absolute atomic E-state index is 0.0214. The zero-order valence-electron chi connectivity index (χ0n) is 14.8. The minimum atomic E-state index is -0.278. The third kappa shape index (κ3) is 3.36. The highest BCUT2D eigenvalue weighted by Gasteiger charge is 2.23. The molecule has 7 heteroatoms. The Bertz CT molecular complexity index is 898. The first-order chi connectivity index (χ1) is 12.7. The molecule has 136 valence electrons. The molecular weight excluding hydrogens is 328 g/mol. The van der Waals surface area contributed by atoms with Crippen LogP contribution in [0.4, 0.5) is 0 Å². The van der Waals surface area contributed by atoms with Crippen LogP contribution in [0.25, 0.3) is 10.9 Å². The van der Waals surface area contributed by atoms with Crippen LogP contribution in [-0.2, 0) is 24.3 Å². The van der Waals surface area contributed by atoms with E-state index in [4.69, 9.17) is 0 Å². The van der Waals surface area contributed by atoms with Crippen molar-refractivity contribution in [1.82, 2.24) is 30.5 Å². The molecule has 0 saturated carbocycles. The maximum absolute atomic E-state index is 12.8. The monoisotopic (exact) mass is 352 g/mol. The molecule has 0 radical (unpaired) electrons. The van der Waals surface area contributed by atoms with Crippen molar-refractivity contribution < 1.29 is 4.79 Å². The SMILES string of the molecule is CNC(Cc1c[nH]c2ccccc12)C(=O)NC1CNCc2nccn2C1. The molecule has 1 aliphatic heterocycles. The number of H-pyrrole nitrogens is 1. The van der Waals surface area contributed by atoms with E-state index >= 15 is 0 Å². The van der Waals surface area contributed by atoms with Gasteiger partial charge in [-0.15, -0.1) is 0 Å². The smallest absolute Gasteiger partial charge is 0.237 e. The van der Waals surface area contributed by atoms with Gasteiger partial charge in [-0.25, -0.2) is 4.98 Å². The number of nitrogens with zero attached hydrogens (tertiary/aromatic N) is 2. The molecule has 2 aromatic heterocycles. The lowest BCUT2D eigenvalue weighted by Crippen LogP contribution is -2.51. The van der Waals surface area contributed by atoms with E-state index in [0.29, 0.717) is 6.42 Å². The number of aromatic amines is 1. The van der Waals surface area contributed by atoms with Crippen LogP contribution in [0.2, 0.25) is 0 Å². The molecule has 1 aliphatic rings. The molecule has 0 bridgehead atoms. The first-order valence-electron chi connectivity index (χ1n) is 8.98. The number of fused-ring (bicyclic) bond motifs is 2. The largest absolute Gasteiger partial charge is 0.361 e. The van der Waals surface area contributed by atoms with E-state index in [1.54, 1.807) is 6.20 Å². The lowest BCUT2D eigenvalue weighted by molar-refractivity contribution is -0.123. The Morgan fingerprint density at radius 1 is 1.42 bits per heavy atom. The fourth-order valence-electron chi connectivity index (χ4n) is 3.58. The van der Waals surface area contributed by atoms with Crippen molar-refractivity contribution in [3.8, 4) is 0 Å². The summed E-state index contributed by atoms with van der Waals surface area (Å²) < 4.78 is 2.10. The van der Waals surface area contributed by atoms with Gasteiger partial charge in [0, 0.05) is 42.6 Å². The Hall–Kier alpha value is -2.64. The third-order valence-electron chi connectivity index (χ3n) is 5.00. The summed E-state index contributed by atoms with van der Waals surface area (Å²) >= 11 is 0. The average molecular weight is 352 g/mol. The van der Waals surface area contributed by atoms with Crippen LogP contribution in [0.1, 0.15) is 11.4 Å². The number of nitrogens with one attached hydrogen (secondary N) is 4.